The summed E-state index contributed by atoms with van der Waals surface area (Å²) in [4.78, 5) is 10.8. The first kappa shape index (κ1) is 15.2. The molecule has 1 aliphatic rings. The van der Waals surface area contributed by atoms with E-state index in [4.69, 9.17) is 5.14 Å². The third-order valence-corrected chi connectivity index (χ3v) is 4.69. The maximum Gasteiger partial charge on any atom is 0.274 e. The number of nitrogens with two attached hydrogens (primary N) is 1. The number of hydrogen-bond donors (Lipinski definition) is 2. The molecule has 0 bridgehead atoms. The van der Waals surface area contributed by atoms with Gasteiger partial charge < -0.3 is 4.90 Å². The Morgan fingerprint density at radius 3 is 2.82 bits per heavy atom. The number of hydrogen-bond acceptors (Lipinski definition) is 5. The molecule has 3 heterocycles. The Labute approximate surface area is 129 Å². The van der Waals surface area contributed by atoms with Crippen LogP contribution in [0.25, 0.3) is 5.52 Å². The lowest BCUT2D eigenvalue weighted by molar-refractivity contribution is 0.380. The Kier molecular flexibility index (Phi) is 4.27. The van der Waals surface area contributed by atoms with Crippen molar-refractivity contribution in [1.29, 1.82) is 0 Å². The molecule has 3 rings (SSSR count). The number of anilines is 1. The molecule has 1 fully saturated rings. The second-order valence-electron chi connectivity index (χ2n) is 5.63. The molecule has 2 aromatic rings. The summed E-state index contributed by atoms with van der Waals surface area (Å²) in [5.41, 5.74) is 1.03. The number of piperidine rings is 1. The van der Waals surface area contributed by atoms with E-state index >= 15 is 0 Å². The summed E-state index contributed by atoms with van der Waals surface area (Å²) >= 11 is 0. The van der Waals surface area contributed by atoms with Gasteiger partial charge in [-0.05, 0) is 25.2 Å². The molecule has 22 heavy (non-hydrogen) atoms. The Bertz CT molecular complexity index is 736. The van der Waals surface area contributed by atoms with Crippen LogP contribution in [-0.2, 0) is 10.2 Å². The predicted octanol–water partition coefficient (Wildman–Crippen LogP) is 0.129. The zero-order valence-corrected chi connectivity index (χ0v) is 13.0. The molecule has 3 N–H and O–H groups in total. The van der Waals surface area contributed by atoms with Crippen molar-refractivity contribution < 1.29 is 8.42 Å². The number of nitrogens with one attached hydrogen (secondary N) is 1. The highest BCUT2D eigenvalue weighted by atomic mass is 32.2. The predicted molar refractivity (Wildman–Crippen MR) is 83.7 cm³/mol. The molecule has 120 valence electrons. The van der Waals surface area contributed by atoms with Crippen LogP contribution in [0, 0.1) is 5.92 Å². The molecule has 0 aliphatic carbocycles. The summed E-state index contributed by atoms with van der Waals surface area (Å²) in [5, 5.41) is 4.92. The van der Waals surface area contributed by atoms with Crippen LogP contribution in [0.15, 0.2) is 24.9 Å². The van der Waals surface area contributed by atoms with Gasteiger partial charge in [-0.1, -0.05) is 0 Å². The molecule has 0 unspecified atom stereocenters. The summed E-state index contributed by atoms with van der Waals surface area (Å²) in [6, 6.07) is 2.04. The molecule has 0 amide bonds. The van der Waals surface area contributed by atoms with Crippen molar-refractivity contribution in [2.45, 2.75) is 19.3 Å². The smallest absolute Gasteiger partial charge is 0.274 e. The third-order valence-electron chi connectivity index (χ3n) is 4.08. The van der Waals surface area contributed by atoms with Crippen molar-refractivity contribution in [3.63, 3.8) is 0 Å². The van der Waals surface area contributed by atoms with Gasteiger partial charge in [0.1, 0.15) is 18.5 Å². The molecule has 0 spiro atoms. The lowest BCUT2D eigenvalue weighted by atomic mass is 9.94. The lowest BCUT2D eigenvalue weighted by Gasteiger charge is -2.32. The van der Waals surface area contributed by atoms with Gasteiger partial charge in [0.2, 0.25) is 0 Å². The van der Waals surface area contributed by atoms with Gasteiger partial charge in [0.25, 0.3) is 10.2 Å². The SMILES string of the molecule is NS(=O)(=O)NCCC1CCN(c2cc3cncn3cn2)CC1. The van der Waals surface area contributed by atoms with E-state index in [-0.39, 0.29) is 0 Å². The number of nitrogens with zero attached hydrogens (tertiary/aromatic N) is 4. The number of rotatable bonds is 5. The van der Waals surface area contributed by atoms with Crippen molar-refractivity contribution >= 4 is 21.5 Å². The summed E-state index contributed by atoms with van der Waals surface area (Å²) in [5.74, 6) is 1.48. The van der Waals surface area contributed by atoms with Crippen molar-refractivity contribution in [1.82, 2.24) is 19.1 Å². The van der Waals surface area contributed by atoms with E-state index in [1.807, 2.05) is 16.7 Å². The van der Waals surface area contributed by atoms with Gasteiger partial charge in [-0.3, -0.25) is 4.40 Å². The van der Waals surface area contributed by atoms with Gasteiger partial charge in [-0.2, -0.15) is 8.42 Å². The van der Waals surface area contributed by atoms with E-state index in [9.17, 15) is 8.42 Å². The lowest BCUT2D eigenvalue weighted by Crippen LogP contribution is -2.36. The number of fused-ring (bicyclic) bond motifs is 1. The molecule has 0 radical (unpaired) electrons. The fourth-order valence-corrected chi connectivity index (χ4v) is 3.25. The van der Waals surface area contributed by atoms with Crippen LogP contribution >= 0.6 is 0 Å². The first-order valence-electron chi connectivity index (χ1n) is 7.31. The summed E-state index contributed by atoms with van der Waals surface area (Å²) < 4.78 is 25.9. The fraction of sp³-hybridized carbons (Fsp3) is 0.538. The van der Waals surface area contributed by atoms with Crippen LogP contribution in [0.2, 0.25) is 0 Å². The van der Waals surface area contributed by atoms with Crippen LogP contribution in [0.1, 0.15) is 19.3 Å². The molecule has 9 heteroatoms. The van der Waals surface area contributed by atoms with Gasteiger partial charge >= 0.3 is 0 Å². The highest BCUT2D eigenvalue weighted by Crippen LogP contribution is 2.24. The highest BCUT2D eigenvalue weighted by Gasteiger charge is 2.20. The monoisotopic (exact) mass is 324 g/mol. The molecule has 1 aliphatic heterocycles. The second-order valence-corrected chi connectivity index (χ2v) is 7.01. The zero-order chi connectivity index (χ0) is 15.6. The molecular weight excluding hydrogens is 304 g/mol. The molecule has 1 saturated heterocycles. The molecular formula is C13H20N6O2S. The van der Waals surface area contributed by atoms with Gasteiger partial charge in [-0.15, -0.1) is 0 Å². The van der Waals surface area contributed by atoms with E-state index in [1.165, 1.54) is 0 Å². The van der Waals surface area contributed by atoms with E-state index in [0.717, 1.165) is 43.7 Å². The quantitative estimate of drug-likeness (QED) is 0.813. The minimum Gasteiger partial charge on any atom is -0.356 e. The van der Waals surface area contributed by atoms with Crippen molar-refractivity contribution in [3.05, 3.63) is 24.9 Å². The van der Waals surface area contributed by atoms with Crippen LogP contribution in [-0.4, -0.2) is 42.4 Å². The van der Waals surface area contributed by atoms with Crippen molar-refractivity contribution in [2.24, 2.45) is 11.1 Å². The molecule has 2 aromatic heterocycles. The van der Waals surface area contributed by atoms with Crippen molar-refractivity contribution in [3.8, 4) is 0 Å². The van der Waals surface area contributed by atoms with E-state index in [0.29, 0.717) is 12.5 Å². The first-order chi connectivity index (χ1) is 10.5. The standard InChI is InChI=1S/C13H20N6O2S/c14-22(20,21)17-4-1-11-2-5-18(6-3-11)13-7-12-8-15-9-19(12)10-16-13/h7-11,17H,1-6H2,(H2,14,20,21). The van der Waals surface area contributed by atoms with Crippen LogP contribution in [0.4, 0.5) is 5.82 Å². The fourth-order valence-electron chi connectivity index (χ4n) is 2.84. The number of aromatic nitrogens is 3. The summed E-state index contributed by atoms with van der Waals surface area (Å²) in [6.07, 6.45) is 8.20. The molecule has 0 saturated carbocycles. The van der Waals surface area contributed by atoms with Crippen LogP contribution < -0.4 is 14.8 Å². The number of imidazole rings is 1. The molecule has 8 nitrogen and oxygen atoms in total. The van der Waals surface area contributed by atoms with E-state index in [2.05, 4.69) is 19.6 Å². The average Bonchev–Trinajstić information content (AvgIpc) is 2.94. The maximum atomic E-state index is 10.8. The Hall–Kier alpha value is -1.71. The van der Waals surface area contributed by atoms with Gasteiger partial charge in [0.15, 0.2) is 0 Å². The third kappa shape index (κ3) is 3.73. The van der Waals surface area contributed by atoms with E-state index in [1.54, 1.807) is 12.7 Å². The first-order valence-corrected chi connectivity index (χ1v) is 8.86. The molecule has 0 atom stereocenters. The minimum absolute atomic E-state index is 0.406. The van der Waals surface area contributed by atoms with Crippen molar-refractivity contribution in [2.75, 3.05) is 24.5 Å². The Morgan fingerprint density at radius 2 is 2.09 bits per heavy atom. The molecule has 0 aromatic carbocycles. The van der Waals surface area contributed by atoms with Gasteiger partial charge in [0, 0.05) is 25.7 Å². The summed E-state index contributed by atoms with van der Waals surface area (Å²) in [7, 11) is -3.57. The van der Waals surface area contributed by atoms with E-state index < -0.39 is 10.2 Å². The largest absolute Gasteiger partial charge is 0.356 e. The van der Waals surface area contributed by atoms with Crippen LogP contribution in [0.3, 0.4) is 0 Å². The zero-order valence-electron chi connectivity index (χ0n) is 12.2. The minimum atomic E-state index is -3.57. The highest BCUT2D eigenvalue weighted by molar-refractivity contribution is 7.87. The Balaban J connectivity index is 1.53. The normalized spacial score (nSPS) is 17.2. The maximum absolute atomic E-state index is 10.8. The average molecular weight is 324 g/mol. The Morgan fingerprint density at radius 1 is 1.32 bits per heavy atom. The van der Waals surface area contributed by atoms with Crippen LogP contribution in [0.5, 0.6) is 0 Å². The summed E-state index contributed by atoms with van der Waals surface area (Å²) in [6.45, 7) is 2.26. The topological polar surface area (TPSA) is 106 Å². The van der Waals surface area contributed by atoms with Gasteiger partial charge in [-0.25, -0.2) is 19.8 Å². The van der Waals surface area contributed by atoms with Gasteiger partial charge in [0.05, 0.1) is 11.7 Å². The second kappa shape index (κ2) is 6.19.